The minimum Gasteiger partial charge on any atom is -0.494 e. The molecular formula is C19H24N2O6. The van der Waals surface area contributed by atoms with Gasteiger partial charge in [-0.05, 0) is 44.5 Å². The number of nitrogens with zero attached hydrogens (tertiary/aromatic N) is 1. The van der Waals surface area contributed by atoms with Gasteiger partial charge in [0.15, 0.2) is 6.61 Å². The summed E-state index contributed by atoms with van der Waals surface area (Å²) in [7, 11) is 0. The van der Waals surface area contributed by atoms with Crippen molar-refractivity contribution in [3.05, 3.63) is 41.3 Å². The lowest BCUT2D eigenvalue weighted by Gasteiger charge is -2.09. The summed E-state index contributed by atoms with van der Waals surface area (Å²) in [6.07, 6.45) is 0.539. The maximum atomic E-state index is 12.1. The number of benzene rings is 1. The molecule has 8 nitrogen and oxygen atoms in total. The Kier molecular flexibility index (Phi) is 7.66. The Bertz CT molecular complexity index is 754. The second-order valence-corrected chi connectivity index (χ2v) is 5.59. The molecule has 1 aromatic carbocycles. The van der Waals surface area contributed by atoms with Gasteiger partial charge in [-0.1, -0.05) is 12.1 Å². The molecule has 0 fully saturated rings. The highest BCUT2D eigenvalue weighted by atomic mass is 16.5. The molecule has 0 radical (unpaired) electrons. The van der Waals surface area contributed by atoms with E-state index in [0.717, 1.165) is 5.75 Å². The van der Waals surface area contributed by atoms with Gasteiger partial charge >= 0.3 is 5.97 Å². The van der Waals surface area contributed by atoms with E-state index in [1.807, 2.05) is 26.0 Å². The standard InChI is InChI=1S/C19H24N2O6/c1-4-16-18(13(3)27-21-16)19(23)26-12-17(22)20-10-11-25-15-8-6-14(7-9-15)24-5-2/h6-9H,4-5,10-12H2,1-3H3,(H,20,22). The zero-order chi connectivity index (χ0) is 19.6. The van der Waals surface area contributed by atoms with E-state index in [0.29, 0.717) is 36.8 Å². The molecule has 2 rings (SSSR count). The predicted octanol–water partition coefficient (Wildman–Crippen LogP) is 2.30. The van der Waals surface area contributed by atoms with Crippen molar-refractivity contribution in [3.8, 4) is 11.5 Å². The molecule has 146 valence electrons. The Morgan fingerprint density at radius 3 is 2.41 bits per heavy atom. The molecule has 0 saturated heterocycles. The minimum absolute atomic E-state index is 0.282. The number of amides is 1. The molecule has 8 heteroatoms. The second kappa shape index (κ2) is 10.2. The van der Waals surface area contributed by atoms with Crippen molar-refractivity contribution in [2.75, 3.05) is 26.4 Å². The van der Waals surface area contributed by atoms with Crippen LogP contribution in [0.3, 0.4) is 0 Å². The van der Waals surface area contributed by atoms with E-state index in [-0.39, 0.29) is 18.7 Å². The fourth-order valence-electron chi connectivity index (χ4n) is 2.33. The Morgan fingerprint density at radius 2 is 1.78 bits per heavy atom. The normalized spacial score (nSPS) is 10.3. The molecule has 1 N–H and O–H groups in total. The Morgan fingerprint density at radius 1 is 1.11 bits per heavy atom. The lowest BCUT2D eigenvalue weighted by atomic mass is 10.1. The zero-order valence-electron chi connectivity index (χ0n) is 15.7. The Labute approximate surface area is 157 Å². The summed E-state index contributed by atoms with van der Waals surface area (Å²) in [6.45, 7) is 6.20. The van der Waals surface area contributed by atoms with Gasteiger partial charge < -0.3 is 24.1 Å². The van der Waals surface area contributed by atoms with Crippen LogP contribution in [0.25, 0.3) is 0 Å². The number of aryl methyl sites for hydroxylation is 2. The molecule has 2 aromatic rings. The number of rotatable bonds is 10. The van der Waals surface area contributed by atoms with Gasteiger partial charge in [0, 0.05) is 0 Å². The van der Waals surface area contributed by atoms with Gasteiger partial charge in [-0.25, -0.2) is 4.79 Å². The largest absolute Gasteiger partial charge is 0.494 e. The monoisotopic (exact) mass is 376 g/mol. The molecule has 0 aliphatic rings. The van der Waals surface area contributed by atoms with E-state index in [2.05, 4.69) is 10.5 Å². The van der Waals surface area contributed by atoms with Crippen LogP contribution < -0.4 is 14.8 Å². The molecule has 1 heterocycles. The number of carbonyl (C=O) groups is 2. The second-order valence-electron chi connectivity index (χ2n) is 5.59. The topological polar surface area (TPSA) is 99.9 Å². The first kappa shape index (κ1) is 20.3. The van der Waals surface area contributed by atoms with Crippen molar-refractivity contribution < 1.29 is 28.3 Å². The van der Waals surface area contributed by atoms with E-state index in [1.165, 1.54) is 0 Å². The van der Waals surface area contributed by atoms with Crippen LogP contribution in [0.2, 0.25) is 0 Å². The molecule has 0 saturated carbocycles. The van der Waals surface area contributed by atoms with Gasteiger partial charge in [0.05, 0.1) is 18.8 Å². The lowest BCUT2D eigenvalue weighted by molar-refractivity contribution is -0.124. The van der Waals surface area contributed by atoms with E-state index in [1.54, 1.807) is 19.1 Å². The average molecular weight is 376 g/mol. The maximum Gasteiger partial charge on any atom is 0.344 e. The van der Waals surface area contributed by atoms with Gasteiger partial charge in [-0.15, -0.1) is 0 Å². The molecule has 1 amide bonds. The van der Waals surface area contributed by atoms with Crippen LogP contribution in [-0.2, 0) is 16.0 Å². The molecule has 27 heavy (non-hydrogen) atoms. The van der Waals surface area contributed by atoms with Gasteiger partial charge in [0.25, 0.3) is 5.91 Å². The highest BCUT2D eigenvalue weighted by Gasteiger charge is 2.21. The number of esters is 1. The molecule has 0 unspecified atom stereocenters. The summed E-state index contributed by atoms with van der Waals surface area (Å²) < 4.78 is 20.9. The van der Waals surface area contributed by atoms with E-state index >= 15 is 0 Å². The van der Waals surface area contributed by atoms with Crippen molar-refractivity contribution >= 4 is 11.9 Å². The summed E-state index contributed by atoms with van der Waals surface area (Å²) in [5, 5.41) is 6.41. The fraction of sp³-hybridized carbons (Fsp3) is 0.421. The number of hydrogen-bond donors (Lipinski definition) is 1. The lowest BCUT2D eigenvalue weighted by Crippen LogP contribution is -2.32. The Hall–Kier alpha value is -3.03. The number of aromatic nitrogens is 1. The third-order valence-corrected chi connectivity index (χ3v) is 3.63. The van der Waals surface area contributed by atoms with Crippen LogP contribution in [0.15, 0.2) is 28.8 Å². The first-order valence-corrected chi connectivity index (χ1v) is 8.79. The van der Waals surface area contributed by atoms with Crippen LogP contribution in [0.4, 0.5) is 0 Å². The number of hydrogen-bond acceptors (Lipinski definition) is 7. The summed E-state index contributed by atoms with van der Waals surface area (Å²) >= 11 is 0. The van der Waals surface area contributed by atoms with Gasteiger partial charge in [-0.3, -0.25) is 4.79 Å². The summed E-state index contributed by atoms with van der Waals surface area (Å²) in [4.78, 5) is 23.8. The maximum absolute atomic E-state index is 12.1. The Balaban J connectivity index is 1.67. The van der Waals surface area contributed by atoms with Crippen LogP contribution in [-0.4, -0.2) is 43.4 Å². The summed E-state index contributed by atoms with van der Waals surface area (Å²) in [5.41, 5.74) is 0.797. The van der Waals surface area contributed by atoms with Crippen LogP contribution in [0.1, 0.15) is 35.7 Å². The summed E-state index contributed by atoms with van der Waals surface area (Å²) in [5.74, 6) is 0.793. The molecular weight excluding hydrogens is 352 g/mol. The van der Waals surface area contributed by atoms with E-state index in [9.17, 15) is 9.59 Å². The molecule has 0 spiro atoms. The first-order valence-electron chi connectivity index (χ1n) is 8.79. The van der Waals surface area contributed by atoms with Crippen molar-refractivity contribution in [2.45, 2.75) is 27.2 Å². The van der Waals surface area contributed by atoms with Crippen LogP contribution >= 0.6 is 0 Å². The molecule has 0 atom stereocenters. The van der Waals surface area contributed by atoms with Crippen molar-refractivity contribution in [2.24, 2.45) is 0 Å². The highest BCUT2D eigenvalue weighted by molar-refractivity contribution is 5.93. The molecule has 1 aromatic heterocycles. The van der Waals surface area contributed by atoms with Crippen LogP contribution in [0, 0.1) is 6.92 Å². The molecule has 0 aliphatic heterocycles. The number of ether oxygens (including phenoxy) is 3. The van der Waals surface area contributed by atoms with E-state index < -0.39 is 11.9 Å². The van der Waals surface area contributed by atoms with Crippen molar-refractivity contribution in [3.63, 3.8) is 0 Å². The van der Waals surface area contributed by atoms with Gasteiger partial charge in [0.2, 0.25) is 0 Å². The third kappa shape index (κ3) is 6.02. The zero-order valence-corrected chi connectivity index (χ0v) is 15.7. The fourth-order valence-corrected chi connectivity index (χ4v) is 2.33. The predicted molar refractivity (Wildman–Crippen MR) is 97.0 cm³/mol. The van der Waals surface area contributed by atoms with Crippen LogP contribution in [0.5, 0.6) is 11.5 Å². The van der Waals surface area contributed by atoms with Crippen molar-refractivity contribution in [1.82, 2.24) is 10.5 Å². The third-order valence-electron chi connectivity index (χ3n) is 3.63. The van der Waals surface area contributed by atoms with Gasteiger partial charge in [0.1, 0.15) is 29.4 Å². The molecule has 0 bridgehead atoms. The highest BCUT2D eigenvalue weighted by Crippen LogP contribution is 2.17. The first-order chi connectivity index (χ1) is 13.0. The molecule has 0 aliphatic carbocycles. The summed E-state index contributed by atoms with van der Waals surface area (Å²) in [6, 6.07) is 7.21. The van der Waals surface area contributed by atoms with Gasteiger partial charge in [-0.2, -0.15) is 0 Å². The number of carbonyl (C=O) groups excluding carboxylic acids is 2. The average Bonchev–Trinajstić information content (AvgIpc) is 3.05. The quantitative estimate of drug-likeness (QED) is 0.502. The van der Waals surface area contributed by atoms with E-state index in [4.69, 9.17) is 18.7 Å². The SMILES string of the molecule is CCOc1ccc(OCCNC(=O)COC(=O)c2c(CC)noc2C)cc1. The number of nitrogens with one attached hydrogen (secondary N) is 1. The smallest absolute Gasteiger partial charge is 0.344 e. The van der Waals surface area contributed by atoms with Crippen molar-refractivity contribution in [1.29, 1.82) is 0 Å². The minimum atomic E-state index is -0.619.